The third-order valence-corrected chi connectivity index (χ3v) is 11.6. The number of hydrogen-bond donors (Lipinski definition) is 0. The van der Waals surface area contributed by atoms with Crippen LogP contribution < -0.4 is 4.74 Å². The van der Waals surface area contributed by atoms with Crippen LogP contribution in [0.3, 0.4) is 0 Å². The molecule has 8 aromatic carbocycles. The van der Waals surface area contributed by atoms with Crippen molar-refractivity contribution >= 4 is 43.6 Å². The van der Waals surface area contributed by atoms with Gasteiger partial charge in [0.15, 0.2) is 0 Å². The highest BCUT2D eigenvalue weighted by molar-refractivity contribution is 6.13. The summed E-state index contributed by atoms with van der Waals surface area (Å²) >= 11 is 0. The maximum atomic E-state index is 7.11. The molecule has 0 amide bonds. The number of rotatable bonds is 2. The summed E-state index contributed by atoms with van der Waals surface area (Å²) in [5.74, 6) is 1.80. The van der Waals surface area contributed by atoms with Gasteiger partial charge < -0.3 is 13.9 Å². The van der Waals surface area contributed by atoms with E-state index in [0.29, 0.717) is 0 Å². The van der Waals surface area contributed by atoms with Gasteiger partial charge in [0.2, 0.25) is 0 Å². The minimum atomic E-state index is -0.603. The summed E-state index contributed by atoms with van der Waals surface area (Å²) < 4.78 is 12.0. The van der Waals surface area contributed by atoms with Gasteiger partial charge >= 0.3 is 0 Å². The van der Waals surface area contributed by atoms with E-state index in [0.717, 1.165) is 39.4 Å². The molecule has 2 aromatic heterocycles. The molecule has 3 nitrogen and oxygen atoms in total. The third-order valence-electron chi connectivity index (χ3n) is 11.6. The molecule has 0 saturated heterocycles. The first-order valence-electron chi connectivity index (χ1n) is 17.9. The Labute approximate surface area is 300 Å². The van der Waals surface area contributed by atoms with Crippen LogP contribution in [0.4, 0.5) is 0 Å². The molecule has 3 heteroatoms. The molecule has 0 saturated carbocycles. The summed E-state index contributed by atoms with van der Waals surface area (Å²) in [6, 6.07) is 66.3. The summed E-state index contributed by atoms with van der Waals surface area (Å²) in [6.45, 7) is 0. The standard InChI is InChI=1S/C49H30N2O/c1-2-14-32(15-3-1)50-42-24-8-5-17-35(42)37-30-31(28-29-44(37)50)33-18-12-23-41-48(33)52-46-27-11-7-21-39(46)49(41)38-20-6-10-26-45(38)51-43-25-9-4-16-34(43)36-19-13-22-40(49)47(36)51/h1-30H. The second kappa shape index (κ2) is 10.1. The first kappa shape index (κ1) is 27.9. The zero-order chi connectivity index (χ0) is 34.0. The number of aromatic nitrogens is 2. The van der Waals surface area contributed by atoms with E-state index < -0.39 is 5.41 Å². The molecule has 1 spiro atoms. The van der Waals surface area contributed by atoms with Crippen molar-refractivity contribution in [3.63, 3.8) is 0 Å². The lowest BCUT2D eigenvalue weighted by molar-refractivity contribution is 0.435. The molecule has 0 aliphatic carbocycles. The van der Waals surface area contributed by atoms with Gasteiger partial charge in [0, 0.05) is 43.9 Å². The van der Waals surface area contributed by atoms with Crippen LogP contribution in [0.2, 0.25) is 0 Å². The van der Waals surface area contributed by atoms with Gasteiger partial charge in [-0.2, -0.15) is 0 Å². The molecule has 0 radical (unpaired) electrons. The van der Waals surface area contributed by atoms with Crippen LogP contribution in [0.25, 0.3) is 66.1 Å². The van der Waals surface area contributed by atoms with Crippen LogP contribution in [0.5, 0.6) is 11.5 Å². The van der Waals surface area contributed by atoms with Gasteiger partial charge in [-0.15, -0.1) is 0 Å². The predicted molar refractivity (Wildman–Crippen MR) is 212 cm³/mol. The number of nitrogens with zero attached hydrogens (tertiary/aromatic N) is 2. The van der Waals surface area contributed by atoms with E-state index in [1.807, 2.05) is 0 Å². The molecular weight excluding hydrogens is 633 g/mol. The number of benzene rings is 8. The maximum absolute atomic E-state index is 7.11. The highest BCUT2D eigenvalue weighted by Crippen LogP contribution is 2.61. The summed E-state index contributed by atoms with van der Waals surface area (Å²) in [5, 5.41) is 4.99. The molecule has 0 N–H and O–H groups in total. The zero-order valence-corrected chi connectivity index (χ0v) is 28.1. The number of fused-ring (bicyclic) bond motifs is 14. The molecule has 1 atom stereocenters. The van der Waals surface area contributed by atoms with Gasteiger partial charge in [-0.3, -0.25) is 0 Å². The number of ether oxygens (including phenoxy) is 1. The van der Waals surface area contributed by atoms with E-state index in [1.165, 1.54) is 60.4 Å². The van der Waals surface area contributed by atoms with Crippen molar-refractivity contribution in [3.05, 3.63) is 204 Å². The van der Waals surface area contributed by atoms with Crippen molar-refractivity contribution in [1.29, 1.82) is 0 Å². The van der Waals surface area contributed by atoms with Gasteiger partial charge in [-0.05, 0) is 65.2 Å². The van der Waals surface area contributed by atoms with Crippen LogP contribution in [-0.4, -0.2) is 9.13 Å². The molecule has 0 bridgehead atoms. The third kappa shape index (κ3) is 3.40. The van der Waals surface area contributed by atoms with Gasteiger partial charge in [0.1, 0.15) is 11.5 Å². The average molecular weight is 663 g/mol. The number of para-hydroxylation sites is 7. The van der Waals surface area contributed by atoms with Gasteiger partial charge in [-0.1, -0.05) is 133 Å². The molecule has 242 valence electrons. The van der Waals surface area contributed by atoms with Crippen LogP contribution in [0.15, 0.2) is 182 Å². The minimum absolute atomic E-state index is 0.603. The van der Waals surface area contributed by atoms with Crippen LogP contribution >= 0.6 is 0 Å². The molecule has 2 aliphatic heterocycles. The number of hydrogen-bond acceptors (Lipinski definition) is 1. The Morgan fingerprint density at radius 1 is 0.404 bits per heavy atom. The van der Waals surface area contributed by atoms with E-state index in [4.69, 9.17) is 4.74 Å². The molecule has 12 rings (SSSR count). The first-order chi connectivity index (χ1) is 25.8. The normalized spacial score (nSPS) is 15.5. The van der Waals surface area contributed by atoms with Crippen LogP contribution in [-0.2, 0) is 5.41 Å². The summed E-state index contributed by atoms with van der Waals surface area (Å²) in [5.41, 5.74) is 13.7. The highest BCUT2D eigenvalue weighted by atomic mass is 16.5. The topological polar surface area (TPSA) is 19.1 Å². The summed E-state index contributed by atoms with van der Waals surface area (Å²) in [6.07, 6.45) is 0. The van der Waals surface area contributed by atoms with Crippen molar-refractivity contribution < 1.29 is 4.74 Å². The lowest BCUT2D eigenvalue weighted by atomic mass is 9.61. The Kier molecular flexibility index (Phi) is 5.43. The van der Waals surface area contributed by atoms with Gasteiger partial charge in [-0.25, -0.2) is 0 Å². The molecule has 2 aliphatic rings. The van der Waals surface area contributed by atoms with Crippen LogP contribution in [0.1, 0.15) is 22.3 Å². The summed E-state index contributed by atoms with van der Waals surface area (Å²) in [4.78, 5) is 0. The predicted octanol–water partition coefficient (Wildman–Crippen LogP) is 12.3. The van der Waals surface area contributed by atoms with E-state index in [9.17, 15) is 0 Å². The Hall–Kier alpha value is -6.84. The Bertz CT molecular complexity index is 3110. The minimum Gasteiger partial charge on any atom is -0.456 e. The zero-order valence-electron chi connectivity index (χ0n) is 28.1. The Balaban J connectivity index is 1.18. The fourth-order valence-corrected chi connectivity index (χ4v) is 9.57. The second-order valence-electron chi connectivity index (χ2n) is 14.0. The molecule has 10 aromatic rings. The van der Waals surface area contributed by atoms with Crippen molar-refractivity contribution in [1.82, 2.24) is 9.13 Å². The van der Waals surface area contributed by atoms with Crippen LogP contribution in [0, 0.1) is 0 Å². The largest absolute Gasteiger partial charge is 0.456 e. The molecule has 4 heterocycles. The Morgan fingerprint density at radius 3 is 1.88 bits per heavy atom. The van der Waals surface area contributed by atoms with Crippen molar-refractivity contribution in [2.75, 3.05) is 0 Å². The molecule has 52 heavy (non-hydrogen) atoms. The molecular formula is C49H30N2O. The second-order valence-corrected chi connectivity index (χ2v) is 14.0. The van der Waals surface area contributed by atoms with E-state index in [2.05, 4.69) is 191 Å². The van der Waals surface area contributed by atoms with E-state index in [1.54, 1.807) is 0 Å². The van der Waals surface area contributed by atoms with Gasteiger partial charge in [0.05, 0.1) is 33.2 Å². The average Bonchev–Trinajstić information content (AvgIpc) is 3.73. The first-order valence-corrected chi connectivity index (χ1v) is 17.9. The lowest BCUT2D eigenvalue weighted by Gasteiger charge is -2.45. The van der Waals surface area contributed by atoms with Crippen molar-refractivity contribution in [3.8, 4) is 34.0 Å². The molecule has 1 unspecified atom stereocenters. The maximum Gasteiger partial charge on any atom is 0.140 e. The van der Waals surface area contributed by atoms with Crippen molar-refractivity contribution in [2.24, 2.45) is 0 Å². The highest BCUT2D eigenvalue weighted by Gasteiger charge is 2.50. The SMILES string of the molecule is c1ccc(-n2c3ccccc3c3cc(-c4cccc5c4Oc4ccccc4C54c5ccccc5-n5c6ccccc6c6cccc4c65)ccc32)cc1. The van der Waals surface area contributed by atoms with E-state index >= 15 is 0 Å². The summed E-state index contributed by atoms with van der Waals surface area (Å²) in [7, 11) is 0. The smallest absolute Gasteiger partial charge is 0.140 e. The van der Waals surface area contributed by atoms with Crippen molar-refractivity contribution in [2.45, 2.75) is 5.41 Å². The van der Waals surface area contributed by atoms with Gasteiger partial charge in [0.25, 0.3) is 0 Å². The monoisotopic (exact) mass is 662 g/mol. The van der Waals surface area contributed by atoms with E-state index in [-0.39, 0.29) is 0 Å². The Morgan fingerprint density at radius 2 is 1.02 bits per heavy atom. The fraction of sp³-hybridized carbons (Fsp3) is 0.0204. The quantitative estimate of drug-likeness (QED) is 0.180. The fourth-order valence-electron chi connectivity index (χ4n) is 9.57. The molecule has 0 fully saturated rings. The lowest BCUT2D eigenvalue weighted by Crippen LogP contribution is -2.37.